The predicted molar refractivity (Wildman–Crippen MR) is 103 cm³/mol. The first kappa shape index (κ1) is 15.6. The molecule has 1 aliphatic carbocycles. The molecule has 1 saturated carbocycles. The Balaban J connectivity index is 1.64. The van der Waals surface area contributed by atoms with Crippen LogP contribution in [0.2, 0.25) is 0 Å². The van der Waals surface area contributed by atoms with E-state index < -0.39 is 0 Å². The third-order valence-electron chi connectivity index (χ3n) is 4.34. The smallest absolute Gasteiger partial charge is 0.229 e. The van der Waals surface area contributed by atoms with E-state index in [1.165, 1.54) is 18.4 Å². The second-order valence-electron chi connectivity index (χ2n) is 6.42. The van der Waals surface area contributed by atoms with Crippen LogP contribution >= 0.6 is 0 Å². The van der Waals surface area contributed by atoms with Crippen molar-refractivity contribution in [2.45, 2.75) is 32.2 Å². The molecule has 0 spiro atoms. The quantitative estimate of drug-likeness (QED) is 0.666. The van der Waals surface area contributed by atoms with Crippen LogP contribution in [0.4, 0.5) is 17.5 Å². The molecule has 0 bridgehead atoms. The summed E-state index contributed by atoms with van der Waals surface area (Å²) < 4.78 is 0. The van der Waals surface area contributed by atoms with Crippen LogP contribution in [0.3, 0.4) is 0 Å². The van der Waals surface area contributed by atoms with E-state index in [1.807, 2.05) is 24.3 Å². The molecule has 4 nitrogen and oxygen atoms in total. The first-order valence-corrected chi connectivity index (χ1v) is 8.87. The first-order valence-electron chi connectivity index (χ1n) is 8.87. The molecule has 3 aromatic rings. The molecule has 1 aromatic heterocycles. The summed E-state index contributed by atoms with van der Waals surface area (Å²) in [5, 5.41) is 6.82. The van der Waals surface area contributed by atoms with Gasteiger partial charge in [0.05, 0.1) is 5.69 Å². The number of hydrogen-bond donors (Lipinski definition) is 2. The van der Waals surface area contributed by atoms with E-state index in [4.69, 9.17) is 4.98 Å². The summed E-state index contributed by atoms with van der Waals surface area (Å²) in [5.74, 6) is 1.50. The highest BCUT2D eigenvalue weighted by molar-refractivity contribution is 5.66. The summed E-state index contributed by atoms with van der Waals surface area (Å²) in [6, 6.07) is 21.2. The third kappa shape index (κ3) is 3.97. The average molecular weight is 330 g/mol. The van der Waals surface area contributed by atoms with E-state index in [2.05, 4.69) is 58.9 Å². The lowest BCUT2D eigenvalue weighted by atomic mass is 10.1. The second kappa shape index (κ2) is 6.93. The summed E-state index contributed by atoms with van der Waals surface area (Å²) in [6.07, 6.45) is 3.47. The highest BCUT2D eigenvalue weighted by Crippen LogP contribution is 2.27. The lowest BCUT2D eigenvalue weighted by molar-refractivity contribution is 1.09. The van der Waals surface area contributed by atoms with Crippen LogP contribution in [0.25, 0.3) is 11.3 Å². The molecule has 0 radical (unpaired) electrons. The summed E-state index contributed by atoms with van der Waals surface area (Å²) in [5.41, 5.74) is 4.33. The molecule has 4 heteroatoms. The summed E-state index contributed by atoms with van der Waals surface area (Å²) in [4.78, 5) is 9.35. The molecule has 25 heavy (non-hydrogen) atoms. The number of nitrogens with zero attached hydrogens (tertiary/aromatic N) is 2. The molecule has 0 amide bonds. The van der Waals surface area contributed by atoms with Gasteiger partial charge in [0.1, 0.15) is 5.82 Å². The van der Waals surface area contributed by atoms with Gasteiger partial charge in [-0.05, 0) is 37.0 Å². The van der Waals surface area contributed by atoms with Crippen molar-refractivity contribution in [1.29, 1.82) is 0 Å². The molecule has 4 rings (SSSR count). The number of aryl methyl sites for hydroxylation is 1. The standard InChI is InChI=1S/C21H22N4/c1-2-15-8-10-18(11-9-15)23-21-24-19(16-6-4-3-5-7-16)14-20(25-21)22-17-12-13-17/h3-11,14,17H,2,12-13H2,1H3,(H2,22,23,24,25). The maximum atomic E-state index is 4.71. The van der Waals surface area contributed by atoms with Crippen molar-refractivity contribution in [3.8, 4) is 11.3 Å². The van der Waals surface area contributed by atoms with Crippen LogP contribution in [0.5, 0.6) is 0 Å². The molecule has 126 valence electrons. The van der Waals surface area contributed by atoms with Crippen molar-refractivity contribution in [1.82, 2.24) is 9.97 Å². The SMILES string of the molecule is CCc1ccc(Nc2nc(NC3CC3)cc(-c3ccccc3)n2)cc1. The molecule has 0 atom stereocenters. The monoisotopic (exact) mass is 330 g/mol. The lowest BCUT2D eigenvalue weighted by Gasteiger charge is -2.11. The Morgan fingerprint density at radius 1 is 0.960 bits per heavy atom. The maximum absolute atomic E-state index is 4.71. The number of benzene rings is 2. The van der Waals surface area contributed by atoms with Gasteiger partial charge in [0.2, 0.25) is 5.95 Å². The van der Waals surface area contributed by atoms with Gasteiger partial charge in [0.15, 0.2) is 0 Å². The summed E-state index contributed by atoms with van der Waals surface area (Å²) >= 11 is 0. The molecule has 0 unspecified atom stereocenters. The Hall–Kier alpha value is -2.88. The zero-order chi connectivity index (χ0) is 17.1. The average Bonchev–Trinajstić information content (AvgIpc) is 3.47. The predicted octanol–water partition coefficient (Wildman–Crippen LogP) is 5.02. The van der Waals surface area contributed by atoms with Crippen molar-refractivity contribution in [2.24, 2.45) is 0 Å². The molecular weight excluding hydrogens is 308 g/mol. The minimum atomic E-state index is 0.551. The zero-order valence-corrected chi connectivity index (χ0v) is 14.4. The minimum Gasteiger partial charge on any atom is -0.367 e. The van der Waals surface area contributed by atoms with E-state index in [9.17, 15) is 0 Å². The fourth-order valence-corrected chi connectivity index (χ4v) is 2.72. The third-order valence-corrected chi connectivity index (χ3v) is 4.34. The summed E-state index contributed by atoms with van der Waals surface area (Å²) in [6.45, 7) is 2.16. The van der Waals surface area contributed by atoms with Gasteiger partial charge in [0, 0.05) is 23.4 Å². The van der Waals surface area contributed by atoms with Gasteiger partial charge in [-0.15, -0.1) is 0 Å². The topological polar surface area (TPSA) is 49.8 Å². The highest BCUT2D eigenvalue weighted by atomic mass is 15.2. The van der Waals surface area contributed by atoms with Gasteiger partial charge in [-0.25, -0.2) is 4.98 Å². The number of anilines is 3. The Morgan fingerprint density at radius 3 is 2.40 bits per heavy atom. The van der Waals surface area contributed by atoms with Crippen molar-refractivity contribution in [3.05, 3.63) is 66.2 Å². The van der Waals surface area contributed by atoms with Gasteiger partial charge in [-0.2, -0.15) is 4.98 Å². The van der Waals surface area contributed by atoms with Crippen LogP contribution in [0.1, 0.15) is 25.3 Å². The van der Waals surface area contributed by atoms with Gasteiger partial charge in [0.25, 0.3) is 0 Å². The van der Waals surface area contributed by atoms with Crippen molar-refractivity contribution >= 4 is 17.5 Å². The number of hydrogen-bond acceptors (Lipinski definition) is 4. The highest BCUT2D eigenvalue weighted by Gasteiger charge is 2.22. The van der Waals surface area contributed by atoms with Crippen LogP contribution < -0.4 is 10.6 Å². The fraction of sp³-hybridized carbons (Fsp3) is 0.238. The van der Waals surface area contributed by atoms with Crippen molar-refractivity contribution in [3.63, 3.8) is 0 Å². The van der Waals surface area contributed by atoms with Gasteiger partial charge in [-0.3, -0.25) is 0 Å². The number of nitrogens with one attached hydrogen (secondary N) is 2. The van der Waals surface area contributed by atoms with Crippen LogP contribution in [0, 0.1) is 0 Å². The molecule has 1 heterocycles. The van der Waals surface area contributed by atoms with Crippen molar-refractivity contribution in [2.75, 3.05) is 10.6 Å². The first-order chi connectivity index (χ1) is 12.3. The largest absolute Gasteiger partial charge is 0.367 e. The Labute approximate surface area is 148 Å². The molecule has 0 saturated heterocycles. The summed E-state index contributed by atoms with van der Waals surface area (Å²) in [7, 11) is 0. The van der Waals surface area contributed by atoms with E-state index >= 15 is 0 Å². The minimum absolute atomic E-state index is 0.551. The van der Waals surface area contributed by atoms with E-state index in [0.29, 0.717) is 12.0 Å². The zero-order valence-electron chi connectivity index (χ0n) is 14.4. The fourth-order valence-electron chi connectivity index (χ4n) is 2.72. The second-order valence-corrected chi connectivity index (χ2v) is 6.42. The number of aromatic nitrogens is 2. The van der Waals surface area contributed by atoms with Gasteiger partial charge in [-0.1, -0.05) is 49.4 Å². The van der Waals surface area contributed by atoms with Crippen LogP contribution in [-0.2, 0) is 6.42 Å². The normalized spacial score (nSPS) is 13.5. The number of rotatable bonds is 6. The molecule has 2 aromatic carbocycles. The van der Waals surface area contributed by atoms with Crippen LogP contribution in [0.15, 0.2) is 60.7 Å². The van der Waals surface area contributed by atoms with Crippen molar-refractivity contribution < 1.29 is 0 Å². The maximum Gasteiger partial charge on any atom is 0.229 e. The molecular formula is C21H22N4. The van der Waals surface area contributed by atoms with E-state index in [-0.39, 0.29) is 0 Å². The molecule has 0 aliphatic heterocycles. The van der Waals surface area contributed by atoms with E-state index in [0.717, 1.165) is 29.2 Å². The Morgan fingerprint density at radius 2 is 1.72 bits per heavy atom. The Bertz CT molecular complexity index is 840. The van der Waals surface area contributed by atoms with Crippen LogP contribution in [-0.4, -0.2) is 16.0 Å². The van der Waals surface area contributed by atoms with E-state index in [1.54, 1.807) is 0 Å². The Kier molecular flexibility index (Phi) is 4.34. The van der Waals surface area contributed by atoms with Gasteiger partial charge < -0.3 is 10.6 Å². The molecule has 1 fully saturated rings. The van der Waals surface area contributed by atoms with Gasteiger partial charge >= 0.3 is 0 Å². The lowest BCUT2D eigenvalue weighted by Crippen LogP contribution is -2.06. The molecule has 2 N–H and O–H groups in total. The molecule has 1 aliphatic rings.